The Morgan fingerprint density at radius 3 is 2.67 bits per heavy atom. The molecule has 2 aliphatic rings. The predicted molar refractivity (Wildman–Crippen MR) is 70.9 cm³/mol. The van der Waals surface area contributed by atoms with Crippen LogP contribution in [0, 0.1) is 0 Å². The smallest absolute Gasteiger partial charge is 0.168 e. The van der Waals surface area contributed by atoms with Gasteiger partial charge in [0.05, 0.1) is 12.7 Å². The van der Waals surface area contributed by atoms with Crippen LogP contribution in [0.25, 0.3) is 0 Å². The van der Waals surface area contributed by atoms with Gasteiger partial charge in [-0.15, -0.1) is 11.8 Å². The second-order valence-electron chi connectivity index (χ2n) is 4.97. The van der Waals surface area contributed by atoms with Crippen LogP contribution in [0.3, 0.4) is 0 Å². The number of benzene rings is 1. The molecule has 1 saturated carbocycles. The molecule has 0 bridgehead atoms. The summed E-state index contributed by atoms with van der Waals surface area (Å²) in [6, 6.07) is 7.29. The van der Waals surface area contributed by atoms with Crippen LogP contribution in [-0.2, 0) is 9.47 Å². The van der Waals surface area contributed by atoms with E-state index >= 15 is 0 Å². The van der Waals surface area contributed by atoms with Crippen molar-refractivity contribution in [2.24, 2.45) is 0 Å². The summed E-state index contributed by atoms with van der Waals surface area (Å²) in [6.07, 6.45) is 4.73. The van der Waals surface area contributed by atoms with Gasteiger partial charge in [0.2, 0.25) is 0 Å². The summed E-state index contributed by atoms with van der Waals surface area (Å²) in [5.74, 6) is 0.969. The van der Waals surface area contributed by atoms with Gasteiger partial charge >= 0.3 is 0 Å². The number of hydrogen-bond acceptors (Lipinski definition) is 4. The summed E-state index contributed by atoms with van der Waals surface area (Å²) < 4.78 is 11.9. The van der Waals surface area contributed by atoms with E-state index in [0.717, 1.165) is 23.5 Å². The average Bonchev–Trinajstić information content (AvgIpc) is 3.00. The zero-order chi connectivity index (χ0) is 12.4. The first-order valence-corrected chi connectivity index (χ1v) is 7.48. The molecular formula is C14H18O3S. The van der Waals surface area contributed by atoms with Crippen molar-refractivity contribution in [1.82, 2.24) is 0 Å². The Kier molecular flexibility index (Phi) is 3.50. The molecule has 1 N–H and O–H groups in total. The first kappa shape index (κ1) is 12.3. The standard InChI is InChI=1S/C14H18O3S/c15-11-3-5-13(6-4-11)18-10-12-9-16-14(17-12)7-1-2-8-14/h3-6,12,15H,1-2,7-10H2. The minimum atomic E-state index is -0.250. The summed E-state index contributed by atoms with van der Waals surface area (Å²) in [4.78, 5) is 1.16. The fourth-order valence-corrected chi connectivity index (χ4v) is 3.48. The maximum Gasteiger partial charge on any atom is 0.168 e. The van der Waals surface area contributed by atoms with Crippen molar-refractivity contribution < 1.29 is 14.6 Å². The molecular weight excluding hydrogens is 248 g/mol. The monoisotopic (exact) mass is 266 g/mol. The first-order chi connectivity index (χ1) is 8.76. The number of ether oxygens (including phenoxy) is 2. The number of aromatic hydroxyl groups is 1. The molecule has 2 fully saturated rings. The Morgan fingerprint density at radius 1 is 1.22 bits per heavy atom. The molecule has 1 saturated heterocycles. The van der Waals surface area contributed by atoms with Crippen LogP contribution < -0.4 is 0 Å². The van der Waals surface area contributed by atoms with Gasteiger partial charge in [-0.2, -0.15) is 0 Å². The molecule has 0 radical (unpaired) electrons. The molecule has 3 nitrogen and oxygen atoms in total. The zero-order valence-corrected chi connectivity index (χ0v) is 11.1. The second-order valence-corrected chi connectivity index (χ2v) is 6.07. The molecule has 1 aliphatic carbocycles. The van der Waals surface area contributed by atoms with E-state index in [1.54, 1.807) is 23.9 Å². The highest BCUT2D eigenvalue weighted by molar-refractivity contribution is 7.99. The van der Waals surface area contributed by atoms with E-state index in [1.807, 2.05) is 12.1 Å². The topological polar surface area (TPSA) is 38.7 Å². The Labute approximate surface area is 111 Å². The molecule has 3 rings (SSSR count). The van der Waals surface area contributed by atoms with Gasteiger partial charge in [0.15, 0.2) is 5.79 Å². The summed E-state index contributed by atoms with van der Waals surface area (Å²) in [5.41, 5.74) is 0. The predicted octanol–water partition coefficient (Wildman–Crippen LogP) is 3.17. The molecule has 0 amide bonds. The Balaban J connectivity index is 1.51. The van der Waals surface area contributed by atoms with Crippen LogP contribution in [-0.4, -0.2) is 29.4 Å². The highest BCUT2D eigenvalue weighted by Crippen LogP contribution is 2.40. The van der Waals surface area contributed by atoms with Gasteiger partial charge in [0.1, 0.15) is 5.75 Å². The quantitative estimate of drug-likeness (QED) is 0.853. The third-order valence-corrected chi connectivity index (χ3v) is 4.70. The number of thioether (sulfide) groups is 1. The SMILES string of the molecule is Oc1ccc(SCC2COC3(CCCC3)O2)cc1. The molecule has 1 unspecified atom stereocenters. The van der Waals surface area contributed by atoms with E-state index in [2.05, 4.69) is 0 Å². The van der Waals surface area contributed by atoms with Gasteiger partial charge in [0, 0.05) is 23.5 Å². The molecule has 98 valence electrons. The van der Waals surface area contributed by atoms with Crippen LogP contribution in [0.4, 0.5) is 0 Å². The summed E-state index contributed by atoms with van der Waals surface area (Å²) in [6.45, 7) is 0.713. The molecule has 1 aliphatic heterocycles. The van der Waals surface area contributed by atoms with Gasteiger partial charge in [0.25, 0.3) is 0 Å². The molecule has 18 heavy (non-hydrogen) atoms. The third-order valence-electron chi connectivity index (χ3n) is 3.55. The molecule has 1 spiro atoms. The van der Waals surface area contributed by atoms with Crippen LogP contribution in [0.5, 0.6) is 5.75 Å². The summed E-state index contributed by atoms with van der Waals surface area (Å²) >= 11 is 1.75. The number of phenols is 1. The van der Waals surface area contributed by atoms with E-state index in [1.165, 1.54) is 12.8 Å². The highest BCUT2D eigenvalue weighted by Gasteiger charge is 2.43. The molecule has 4 heteroatoms. The van der Waals surface area contributed by atoms with Crippen molar-refractivity contribution in [3.8, 4) is 5.75 Å². The van der Waals surface area contributed by atoms with Crippen molar-refractivity contribution in [1.29, 1.82) is 0 Å². The molecule has 1 heterocycles. The minimum Gasteiger partial charge on any atom is -0.508 e. The van der Waals surface area contributed by atoms with Crippen LogP contribution in [0.1, 0.15) is 25.7 Å². The lowest BCUT2D eigenvalue weighted by molar-refractivity contribution is -0.159. The van der Waals surface area contributed by atoms with Crippen LogP contribution in [0.2, 0.25) is 0 Å². The average molecular weight is 266 g/mol. The normalized spacial score (nSPS) is 25.9. The largest absolute Gasteiger partial charge is 0.508 e. The molecule has 1 aromatic carbocycles. The van der Waals surface area contributed by atoms with E-state index in [4.69, 9.17) is 9.47 Å². The lowest BCUT2D eigenvalue weighted by atomic mass is 10.2. The number of rotatable bonds is 3. The van der Waals surface area contributed by atoms with Gasteiger partial charge in [-0.3, -0.25) is 0 Å². The number of phenolic OH excluding ortho intramolecular Hbond substituents is 1. The van der Waals surface area contributed by atoms with E-state index in [9.17, 15) is 5.11 Å². The fourth-order valence-electron chi connectivity index (χ4n) is 2.61. The van der Waals surface area contributed by atoms with E-state index in [0.29, 0.717) is 12.4 Å². The van der Waals surface area contributed by atoms with Crippen molar-refractivity contribution in [2.75, 3.05) is 12.4 Å². The minimum absolute atomic E-state index is 0.196. The third kappa shape index (κ3) is 2.66. The second kappa shape index (κ2) is 5.11. The Morgan fingerprint density at radius 2 is 1.94 bits per heavy atom. The maximum absolute atomic E-state index is 9.22. The van der Waals surface area contributed by atoms with E-state index in [-0.39, 0.29) is 11.9 Å². The zero-order valence-electron chi connectivity index (χ0n) is 10.3. The van der Waals surface area contributed by atoms with Crippen LogP contribution >= 0.6 is 11.8 Å². The van der Waals surface area contributed by atoms with Gasteiger partial charge in [-0.05, 0) is 37.1 Å². The molecule has 1 aromatic rings. The van der Waals surface area contributed by atoms with Gasteiger partial charge in [-0.1, -0.05) is 0 Å². The first-order valence-electron chi connectivity index (χ1n) is 6.49. The lowest BCUT2D eigenvalue weighted by Crippen LogP contribution is -2.27. The van der Waals surface area contributed by atoms with Gasteiger partial charge < -0.3 is 14.6 Å². The lowest BCUT2D eigenvalue weighted by Gasteiger charge is -2.21. The van der Waals surface area contributed by atoms with Gasteiger partial charge in [-0.25, -0.2) is 0 Å². The highest BCUT2D eigenvalue weighted by atomic mass is 32.2. The van der Waals surface area contributed by atoms with Crippen LogP contribution in [0.15, 0.2) is 29.2 Å². The summed E-state index contributed by atoms with van der Waals surface area (Å²) in [7, 11) is 0. The maximum atomic E-state index is 9.22. The molecule has 0 aromatic heterocycles. The van der Waals surface area contributed by atoms with Crippen molar-refractivity contribution in [3.05, 3.63) is 24.3 Å². The molecule has 1 atom stereocenters. The Bertz CT molecular complexity index is 398. The fraction of sp³-hybridized carbons (Fsp3) is 0.571. The Hall–Kier alpha value is -0.710. The van der Waals surface area contributed by atoms with Crippen molar-refractivity contribution >= 4 is 11.8 Å². The van der Waals surface area contributed by atoms with Crippen molar-refractivity contribution in [3.63, 3.8) is 0 Å². The van der Waals surface area contributed by atoms with E-state index < -0.39 is 0 Å². The van der Waals surface area contributed by atoms with Crippen molar-refractivity contribution in [2.45, 2.75) is 42.5 Å². The summed E-state index contributed by atoms with van der Waals surface area (Å²) in [5, 5.41) is 9.22. The number of hydrogen-bond donors (Lipinski definition) is 1.